The van der Waals surface area contributed by atoms with Gasteiger partial charge in [-0.25, -0.2) is 0 Å². The van der Waals surface area contributed by atoms with Crippen LogP contribution in [0.2, 0.25) is 0 Å². The molecule has 2 aromatic rings. The summed E-state index contributed by atoms with van der Waals surface area (Å²) in [7, 11) is 0. The van der Waals surface area contributed by atoms with E-state index in [1.807, 2.05) is 12.1 Å². The van der Waals surface area contributed by atoms with E-state index in [9.17, 15) is 0 Å². The van der Waals surface area contributed by atoms with E-state index in [-0.39, 0.29) is 0 Å². The second-order valence-electron chi connectivity index (χ2n) is 6.15. The van der Waals surface area contributed by atoms with E-state index in [4.69, 9.17) is 4.74 Å². The molecule has 0 aliphatic rings. The van der Waals surface area contributed by atoms with Crippen molar-refractivity contribution in [3.63, 3.8) is 0 Å². The first-order valence-corrected chi connectivity index (χ1v) is 8.16. The summed E-state index contributed by atoms with van der Waals surface area (Å²) >= 11 is 0. The first kappa shape index (κ1) is 16.6. The molecule has 0 fully saturated rings. The Kier molecular flexibility index (Phi) is 6.47. The van der Waals surface area contributed by atoms with Gasteiger partial charge in [0, 0.05) is 18.2 Å². The fourth-order valence-corrected chi connectivity index (χ4v) is 2.32. The number of rotatable bonds is 8. The smallest absolute Gasteiger partial charge is 0.123 e. The molecule has 2 aromatic carbocycles. The lowest BCUT2D eigenvalue weighted by atomic mass is 10.1. The number of hydrogen-bond donors (Lipinski definition) is 1. The van der Waals surface area contributed by atoms with Gasteiger partial charge in [-0.15, -0.1) is 0 Å². The molecule has 1 N–H and O–H groups in total. The number of hydrogen-bond acceptors (Lipinski definition) is 2. The summed E-state index contributed by atoms with van der Waals surface area (Å²) in [4.78, 5) is 0. The standard InChI is InChI=1S/C20H27NO/c1-16(2)13-14-22-20-12-8-7-11-19(20)15-21-17(3)18-9-5-4-6-10-18/h4-12,16-17,21H,13-15H2,1-3H3. The lowest BCUT2D eigenvalue weighted by Crippen LogP contribution is -2.18. The van der Waals surface area contributed by atoms with E-state index in [1.165, 1.54) is 11.1 Å². The fraction of sp³-hybridized carbons (Fsp3) is 0.400. The van der Waals surface area contributed by atoms with Crippen LogP contribution in [-0.4, -0.2) is 6.61 Å². The third-order valence-corrected chi connectivity index (χ3v) is 3.82. The van der Waals surface area contributed by atoms with Crippen LogP contribution >= 0.6 is 0 Å². The zero-order valence-electron chi connectivity index (χ0n) is 13.9. The maximum atomic E-state index is 5.95. The number of para-hydroxylation sites is 1. The quantitative estimate of drug-likeness (QED) is 0.743. The van der Waals surface area contributed by atoms with Crippen LogP contribution in [0, 0.1) is 5.92 Å². The molecule has 0 amide bonds. The van der Waals surface area contributed by atoms with Gasteiger partial charge < -0.3 is 10.1 Å². The van der Waals surface area contributed by atoms with Crippen LogP contribution in [0.5, 0.6) is 5.75 Å². The first-order chi connectivity index (χ1) is 10.7. The maximum absolute atomic E-state index is 5.95. The normalized spacial score (nSPS) is 12.4. The zero-order valence-corrected chi connectivity index (χ0v) is 13.9. The summed E-state index contributed by atoms with van der Waals surface area (Å²) in [6.07, 6.45) is 1.09. The second kappa shape index (κ2) is 8.60. The predicted molar refractivity (Wildman–Crippen MR) is 93.1 cm³/mol. The van der Waals surface area contributed by atoms with Crippen molar-refractivity contribution in [3.8, 4) is 5.75 Å². The minimum Gasteiger partial charge on any atom is -0.493 e. The first-order valence-electron chi connectivity index (χ1n) is 8.16. The van der Waals surface area contributed by atoms with Crippen molar-refractivity contribution in [1.29, 1.82) is 0 Å². The number of nitrogens with one attached hydrogen (secondary N) is 1. The van der Waals surface area contributed by atoms with Crippen molar-refractivity contribution in [2.75, 3.05) is 6.61 Å². The Morgan fingerprint density at radius 2 is 1.59 bits per heavy atom. The van der Waals surface area contributed by atoms with Gasteiger partial charge in [-0.2, -0.15) is 0 Å². The van der Waals surface area contributed by atoms with Crippen LogP contribution in [0.4, 0.5) is 0 Å². The van der Waals surface area contributed by atoms with Crippen LogP contribution < -0.4 is 10.1 Å². The van der Waals surface area contributed by atoms with Crippen molar-refractivity contribution in [1.82, 2.24) is 5.32 Å². The monoisotopic (exact) mass is 297 g/mol. The molecule has 0 spiro atoms. The molecular weight excluding hydrogens is 270 g/mol. The maximum Gasteiger partial charge on any atom is 0.123 e. The summed E-state index contributed by atoms with van der Waals surface area (Å²) in [5.41, 5.74) is 2.52. The minimum atomic E-state index is 0.324. The molecule has 22 heavy (non-hydrogen) atoms. The molecule has 0 aromatic heterocycles. The van der Waals surface area contributed by atoms with Crippen LogP contribution in [0.15, 0.2) is 54.6 Å². The zero-order chi connectivity index (χ0) is 15.8. The van der Waals surface area contributed by atoms with Gasteiger partial charge in [0.1, 0.15) is 5.75 Å². The van der Waals surface area contributed by atoms with Crippen LogP contribution in [-0.2, 0) is 6.54 Å². The molecule has 0 aliphatic heterocycles. The molecule has 2 heteroatoms. The third kappa shape index (κ3) is 5.19. The molecule has 1 atom stereocenters. The van der Waals surface area contributed by atoms with E-state index in [1.54, 1.807) is 0 Å². The van der Waals surface area contributed by atoms with Crippen molar-refractivity contribution >= 4 is 0 Å². The van der Waals surface area contributed by atoms with Gasteiger partial charge in [0.2, 0.25) is 0 Å². The van der Waals surface area contributed by atoms with E-state index in [2.05, 4.69) is 68.6 Å². The highest BCUT2D eigenvalue weighted by molar-refractivity contribution is 5.33. The molecule has 0 radical (unpaired) electrons. The molecule has 0 aliphatic carbocycles. The summed E-state index contributed by atoms with van der Waals surface area (Å²) in [5.74, 6) is 1.67. The molecule has 1 unspecified atom stereocenters. The Morgan fingerprint density at radius 3 is 2.32 bits per heavy atom. The van der Waals surface area contributed by atoms with Gasteiger partial charge in [-0.3, -0.25) is 0 Å². The van der Waals surface area contributed by atoms with Crippen molar-refractivity contribution in [2.45, 2.75) is 39.8 Å². The molecule has 0 heterocycles. The van der Waals surface area contributed by atoms with Gasteiger partial charge in [-0.1, -0.05) is 62.4 Å². The second-order valence-corrected chi connectivity index (χ2v) is 6.15. The van der Waals surface area contributed by atoms with Crippen LogP contribution in [0.3, 0.4) is 0 Å². The van der Waals surface area contributed by atoms with Gasteiger partial charge in [0.25, 0.3) is 0 Å². The van der Waals surface area contributed by atoms with Crippen molar-refractivity contribution in [2.24, 2.45) is 5.92 Å². The Balaban J connectivity index is 1.92. The summed E-state index contributed by atoms with van der Waals surface area (Å²) in [5, 5.41) is 3.57. The molecule has 118 valence electrons. The van der Waals surface area contributed by atoms with Crippen molar-refractivity contribution < 1.29 is 4.74 Å². The summed E-state index contributed by atoms with van der Waals surface area (Å²) in [6, 6.07) is 19.1. The molecule has 0 bridgehead atoms. The minimum absolute atomic E-state index is 0.324. The average molecular weight is 297 g/mol. The Hall–Kier alpha value is -1.80. The highest BCUT2D eigenvalue weighted by atomic mass is 16.5. The topological polar surface area (TPSA) is 21.3 Å². The van der Waals surface area contributed by atoms with Gasteiger partial charge in [0.05, 0.1) is 6.61 Å². The highest BCUT2D eigenvalue weighted by Gasteiger charge is 2.07. The largest absolute Gasteiger partial charge is 0.493 e. The molecular formula is C20H27NO. The number of benzene rings is 2. The van der Waals surface area contributed by atoms with E-state index < -0.39 is 0 Å². The fourth-order valence-electron chi connectivity index (χ4n) is 2.32. The lowest BCUT2D eigenvalue weighted by Gasteiger charge is -2.17. The molecule has 2 nitrogen and oxygen atoms in total. The summed E-state index contributed by atoms with van der Waals surface area (Å²) in [6.45, 7) is 8.23. The van der Waals surface area contributed by atoms with E-state index in [0.29, 0.717) is 12.0 Å². The third-order valence-electron chi connectivity index (χ3n) is 3.82. The lowest BCUT2D eigenvalue weighted by molar-refractivity contribution is 0.286. The van der Waals surface area contributed by atoms with E-state index >= 15 is 0 Å². The Morgan fingerprint density at radius 1 is 0.909 bits per heavy atom. The van der Waals surface area contributed by atoms with Crippen LogP contribution in [0.25, 0.3) is 0 Å². The van der Waals surface area contributed by atoms with E-state index in [0.717, 1.165) is 25.3 Å². The summed E-state index contributed by atoms with van der Waals surface area (Å²) < 4.78 is 5.95. The number of ether oxygens (including phenoxy) is 1. The van der Waals surface area contributed by atoms with Gasteiger partial charge in [0.15, 0.2) is 0 Å². The predicted octanol–water partition coefficient (Wildman–Crippen LogP) is 4.96. The van der Waals surface area contributed by atoms with Gasteiger partial charge >= 0.3 is 0 Å². The highest BCUT2D eigenvalue weighted by Crippen LogP contribution is 2.20. The molecule has 0 saturated carbocycles. The Labute approximate surface area is 134 Å². The van der Waals surface area contributed by atoms with Gasteiger partial charge in [-0.05, 0) is 30.9 Å². The SMILES string of the molecule is CC(C)CCOc1ccccc1CNC(C)c1ccccc1. The van der Waals surface area contributed by atoms with Crippen LogP contribution in [0.1, 0.15) is 44.4 Å². The van der Waals surface area contributed by atoms with Crippen molar-refractivity contribution in [3.05, 3.63) is 65.7 Å². The molecule has 2 rings (SSSR count). The molecule has 0 saturated heterocycles. The average Bonchev–Trinajstić information content (AvgIpc) is 2.54. The Bertz CT molecular complexity index is 551.